The molecule has 0 unspecified atom stereocenters. The van der Waals surface area contributed by atoms with Crippen LogP contribution in [0.15, 0.2) is 30.6 Å². The van der Waals surface area contributed by atoms with Gasteiger partial charge < -0.3 is 10.4 Å². The number of H-pyrrole nitrogens is 1. The van der Waals surface area contributed by atoms with Gasteiger partial charge in [0.2, 0.25) is 5.91 Å². The number of nitrogens with one attached hydrogen (secondary N) is 2. The average Bonchev–Trinajstić information content (AvgIpc) is 3.06. The van der Waals surface area contributed by atoms with E-state index < -0.39 is 6.10 Å². The quantitative estimate of drug-likeness (QED) is 0.759. The Kier molecular flexibility index (Phi) is 5.72. The first-order valence-corrected chi connectivity index (χ1v) is 8.20. The van der Waals surface area contributed by atoms with Crippen LogP contribution in [0.2, 0.25) is 0 Å². The van der Waals surface area contributed by atoms with Crippen molar-refractivity contribution >= 4 is 5.91 Å². The summed E-state index contributed by atoms with van der Waals surface area (Å²) in [5.41, 5.74) is 2.14. The van der Waals surface area contributed by atoms with Crippen molar-refractivity contribution in [1.29, 1.82) is 0 Å². The van der Waals surface area contributed by atoms with E-state index in [0.29, 0.717) is 12.2 Å². The Morgan fingerprint density at radius 3 is 2.50 bits per heavy atom. The number of carbonyl (C=O) groups excluding carboxylic acids is 1. The van der Waals surface area contributed by atoms with Crippen LogP contribution in [-0.2, 0) is 10.2 Å². The van der Waals surface area contributed by atoms with Crippen molar-refractivity contribution in [2.75, 3.05) is 0 Å². The van der Waals surface area contributed by atoms with Crippen LogP contribution >= 0.6 is 0 Å². The molecule has 0 fully saturated rings. The number of rotatable bonds is 6. The Balaban J connectivity index is 1.84. The molecule has 1 amide bonds. The normalized spacial score (nSPS) is 14.2. The summed E-state index contributed by atoms with van der Waals surface area (Å²) in [5, 5.41) is 19.6. The smallest absolute Gasteiger partial charge is 0.220 e. The maximum Gasteiger partial charge on any atom is 0.220 e. The van der Waals surface area contributed by atoms with E-state index in [1.54, 1.807) is 0 Å². The molecule has 130 valence electrons. The van der Waals surface area contributed by atoms with Crippen LogP contribution in [0.1, 0.15) is 69.6 Å². The van der Waals surface area contributed by atoms with E-state index in [0.717, 1.165) is 5.56 Å². The predicted octanol–water partition coefficient (Wildman–Crippen LogP) is 2.79. The van der Waals surface area contributed by atoms with Crippen molar-refractivity contribution in [2.45, 2.75) is 58.1 Å². The van der Waals surface area contributed by atoms with E-state index in [9.17, 15) is 9.90 Å². The van der Waals surface area contributed by atoms with Crippen molar-refractivity contribution in [2.24, 2.45) is 0 Å². The molecule has 24 heavy (non-hydrogen) atoms. The van der Waals surface area contributed by atoms with Crippen LogP contribution in [0.4, 0.5) is 0 Å². The van der Waals surface area contributed by atoms with E-state index in [1.165, 1.54) is 11.9 Å². The third kappa shape index (κ3) is 4.89. The summed E-state index contributed by atoms with van der Waals surface area (Å²) >= 11 is 0. The summed E-state index contributed by atoms with van der Waals surface area (Å²) in [6, 6.07) is 7.69. The molecule has 1 aromatic carbocycles. The van der Waals surface area contributed by atoms with Crippen molar-refractivity contribution < 1.29 is 9.90 Å². The fourth-order valence-electron chi connectivity index (χ4n) is 2.45. The Morgan fingerprint density at radius 2 is 1.96 bits per heavy atom. The standard InChI is InChI=1S/C18H26N4O2/c1-12(17-19-11-20-22-17)21-16(24)10-9-15(23)13-5-7-14(8-6-13)18(2,3)4/h5-8,11-12,15,23H,9-10H2,1-4H3,(H,21,24)(H,19,20,22)/t12-,15-/m1/s1. The van der Waals surface area contributed by atoms with E-state index in [1.807, 2.05) is 31.2 Å². The summed E-state index contributed by atoms with van der Waals surface area (Å²) in [6.07, 6.45) is 1.39. The monoisotopic (exact) mass is 330 g/mol. The highest BCUT2D eigenvalue weighted by atomic mass is 16.3. The third-order valence-corrected chi connectivity index (χ3v) is 4.03. The zero-order valence-electron chi connectivity index (χ0n) is 14.7. The predicted molar refractivity (Wildman–Crippen MR) is 92.3 cm³/mol. The van der Waals surface area contributed by atoms with Crippen LogP contribution in [0.3, 0.4) is 0 Å². The van der Waals surface area contributed by atoms with Crippen molar-refractivity contribution in [3.05, 3.63) is 47.5 Å². The molecule has 0 saturated carbocycles. The molecule has 6 heteroatoms. The summed E-state index contributed by atoms with van der Waals surface area (Å²) < 4.78 is 0. The molecule has 1 aromatic heterocycles. The maximum absolute atomic E-state index is 12.0. The van der Waals surface area contributed by atoms with Gasteiger partial charge in [-0.25, -0.2) is 4.98 Å². The fourth-order valence-corrected chi connectivity index (χ4v) is 2.45. The number of nitrogens with zero attached hydrogens (tertiary/aromatic N) is 2. The van der Waals surface area contributed by atoms with Crippen LogP contribution in [0, 0.1) is 0 Å². The molecule has 2 aromatic rings. The lowest BCUT2D eigenvalue weighted by atomic mass is 9.86. The van der Waals surface area contributed by atoms with E-state index in [2.05, 4.69) is 41.3 Å². The van der Waals surface area contributed by atoms with Crippen molar-refractivity contribution in [3.8, 4) is 0 Å². The molecule has 0 aliphatic carbocycles. The molecule has 6 nitrogen and oxygen atoms in total. The molecule has 0 radical (unpaired) electrons. The van der Waals surface area contributed by atoms with Gasteiger partial charge in [-0.3, -0.25) is 9.89 Å². The minimum absolute atomic E-state index is 0.0835. The molecule has 2 atom stereocenters. The SMILES string of the molecule is C[C@@H](NC(=O)CC[C@@H](O)c1ccc(C(C)(C)C)cc1)c1ncn[nH]1. The number of aromatic nitrogens is 3. The second-order valence-corrected chi connectivity index (χ2v) is 7.09. The molecular weight excluding hydrogens is 304 g/mol. The second-order valence-electron chi connectivity index (χ2n) is 7.09. The minimum atomic E-state index is -0.648. The largest absolute Gasteiger partial charge is 0.388 e. The lowest BCUT2D eigenvalue weighted by Crippen LogP contribution is -2.27. The number of aliphatic hydroxyl groups excluding tert-OH is 1. The molecule has 0 saturated heterocycles. The summed E-state index contributed by atoms with van der Waals surface area (Å²) in [4.78, 5) is 16.0. The first-order chi connectivity index (χ1) is 11.3. The number of hydrogen-bond acceptors (Lipinski definition) is 4. The molecule has 0 bridgehead atoms. The molecular formula is C18H26N4O2. The highest BCUT2D eigenvalue weighted by Gasteiger charge is 2.16. The van der Waals surface area contributed by atoms with Gasteiger partial charge in [0.15, 0.2) is 0 Å². The third-order valence-electron chi connectivity index (χ3n) is 4.03. The fraction of sp³-hybridized carbons (Fsp3) is 0.500. The molecule has 1 heterocycles. The van der Waals surface area contributed by atoms with Crippen LogP contribution in [0.5, 0.6) is 0 Å². The zero-order valence-corrected chi connectivity index (χ0v) is 14.7. The molecule has 0 aliphatic heterocycles. The number of aromatic amines is 1. The van der Waals surface area contributed by atoms with Gasteiger partial charge in [0.1, 0.15) is 12.2 Å². The summed E-state index contributed by atoms with van der Waals surface area (Å²) in [6.45, 7) is 8.29. The Labute approximate surface area is 142 Å². The van der Waals surface area contributed by atoms with Gasteiger partial charge in [0, 0.05) is 6.42 Å². The first-order valence-electron chi connectivity index (χ1n) is 8.20. The average molecular weight is 330 g/mol. The lowest BCUT2D eigenvalue weighted by Gasteiger charge is -2.20. The van der Waals surface area contributed by atoms with Gasteiger partial charge in [0.25, 0.3) is 0 Å². The number of hydrogen-bond donors (Lipinski definition) is 3. The van der Waals surface area contributed by atoms with Gasteiger partial charge in [-0.05, 0) is 29.9 Å². The first kappa shape index (κ1) is 18.1. The topological polar surface area (TPSA) is 90.9 Å². The summed E-state index contributed by atoms with van der Waals surface area (Å²) in [7, 11) is 0. The van der Waals surface area contributed by atoms with Gasteiger partial charge >= 0.3 is 0 Å². The molecule has 2 rings (SSSR count). The molecule has 0 aliphatic rings. The lowest BCUT2D eigenvalue weighted by molar-refractivity contribution is -0.122. The van der Waals surface area contributed by atoms with Crippen LogP contribution in [-0.4, -0.2) is 26.2 Å². The number of carbonyl (C=O) groups is 1. The second kappa shape index (κ2) is 7.57. The number of aliphatic hydroxyl groups is 1. The molecule has 0 spiro atoms. The highest BCUT2D eigenvalue weighted by molar-refractivity contribution is 5.76. The van der Waals surface area contributed by atoms with Crippen LogP contribution < -0.4 is 5.32 Å². The number of amides is 1. The highest BCUT2D eigenvalue weighted by Crippen LogP contribution is 2.25. The van der Waals surface area contributed by atoms with E-state index in [-0.39, 0.29) is 23.8 Å². The Hall–Kier alpha value is -2.21. The summed E-state index contributed by atoms with van der Waals surface area (Å²) in [5.74, 6) is 0.492. The van der Waals surface area contributed by atoms with Gasteiger partial charge in [-0.15, -0.1) is 0 Å². The minimum Gasteiger partial charge on any atom is -0.388 e. The maximum atomic E-state index is 12.0. The van der Waals surface area contributed by atoms with Crippen LogP contribution in [0.25, 0.3) is 0 Å². The Bertz CT molecular complexity index is 645. The van der Waals surface area contributed by atoms with E-state index >= 15 is 0 Å². The van der Waals surface area contributed by atoms with E-state index in [4.69, 9.17) is 0 Å². The van der Waals surface area contributed by atoms with Crippen molar-refractivity contribution in [3.63, 3.8) is 0 Å². The van der Waals surface area contributed by atoms with Crippen molar-refractivity contribution in [1.82, 2.24) is 20.5 Å². The Morgan fingerprint density at radius 1 is 1.29 bits per heavy atom. The van der Waals surface area contributed by atoms with Gasteiger partial charge in [0.05, 0.1) is 12.1 Å². The van der Waals surface area contributed by atoms with Gasteiger partial charge in [-0.2, -0.15) is 5.10 Å². The number of benzene rings is 1. The molecule has 3 N–H and O–H groups in total. The zero-order chi connectivity index (χ0) is 17.7. The van der Waals surface area contributed by atoms with Gasteiger partial charge in [-0.1, -0.05) is 45.0 Å².